The van der Waals surface area contributed by atoms with Gasteiger partial charge in [-0.2, -0.15) is 0 Å². The summed E-state index contributed by atoms with van der Waals surface area (Å²) in [4.78, 5) is 24.4. The molecule has 8 nitrogen and oxygen atoms in total. The molecule has 1 unspecified atom stereocenters. The second kappa shape index (κ2) is 6.51. The zero-order valence-corrected chi connectivity index (χ0v) is 11.5. The molecular weight excluding hydrogens is 276 g/mol. The lowest BCUT2D eigenvalue weighted by molar-refractivity contribution is -0.384. The number of nitro benzene ring substituents is 1. The number of benzene rings is 1. The highest BCUT2D eigenvalue weighted by Gasteiger charge is 2.27. The molecule has 0 saturated carbocycles. The molecule has 1 amide bonds. The van der Waals surface area contributed by atoms with Crippen LogP contribution in [0.3, 0.4) is 0 Å². The zero-order valence-electron chi connectivity index (χ0n) is 11.5. The number of carbonyl (C=O) groups is 1. The van der Waals surface area contributed by atoms with Crippen molar-refractivity contribution in [3.8, 4) is 0 Å². The molecule has 114 valence electrons. The number of anilines is 1. The highest BCUT2D eigenvalue weighted by Crippen LogP contribution is 2.26. The molecule has 4 N–H and O–H groups in total. The maximum Gasteiger partial charge on any atom is 0.293 e. The van der Waals surface area contributed by atoms with Gasteiger partial charge in [-0.3, -0.25) is 20.8 Å². The molecule has 21 heavy (non-hydrogen) atoms. The average molecular weight is 294 g/mol. The van der Waals surface area contributed by atoms with E-state index < -0.39 is 4.92 Å². The predicted molar refractivity (Wildman–Crippen MR) is 76.7 cm³/mol. The Morgan fingerprint density at radius 3 is 2.90 bits per heavy atom. The van der Waals surface area contributed by atoms with Crippen LogP contribution in [0.4, 0.5) is 11.4 Å². The van der Waals surface area contributed by atoms with Crippen LogP contribution < -0.4 is 11.3 Å². The minimum Gasteiger partial charge on any atom is -0.394 e. The quantitative estimate of drug-likeness (QED) is 0.430. The fraction of sp³-hybridized carbons (Fsp3) is 0.462. The molecule has 1 aliphatic rings. The fourth-order valence-corrected chi connectivity index (χ4v) is 2.57. The summed E-state index contributed by atoms with van der Waals surface area (Å²) in [5, 5.41) is 20.2. The third-order valence-electron chi connectivity index (χ3n) is 3.69. The van der Waals surface area contributed by atoms with Crippen molar-refractivity contribution in [2.45, 2.75) is 25.3 Å². The van der Waals surface area contributed by atoms with E-state index in [1.165, 1.54) is 18.2 Å². The number of hydrazine groups is 1. The van der Waals surface area contributed by atoms with Crippen molar-refractivity contribution >= 4 is 17.3 Å². The lowest BCUT2D eigenvalue weighted by Gasteiger charge is -2.34. The van der Waals surface area contributed by atoms with Crippen molar-refractivity contribution in [1.29, 1.82) is 0 Å². The number of nitrogens with two attached hydrogens (primary N) is 1. The van der Waals surface area contributed by atoms with Crippen LogP contribution in [0.25, 0.3) is 0 Å². The van der Waals surface area contributed by atoms with Gasteiger partial charge in [0.2, 0.25) is 0 Å². The Labute approximate surface area is 121 Å². The molecule has 1 atom stereocenters. The van der Waals surface area contributed by atoms with E-state index in [9.17, 15) is 20.0 Å². The number of nitro groups is 1. The summed E-state index contributed by atoms with van der Waals surface area (Å²) in [5.74, 6) is 5.02. The lowest BCUT2D eigenvalue weighted by Crippen LogP contribution is -2.45. The van der Waals surface area contributed by atoms with Crippen molar-refractivity contribution in [3.63, 3.8) is 0 Å². The number of hydrogen-bond donors (Lipinski definition) is 3. The van der Waals surface area contributed by atoms with Crippen LogP contribution in [-0.2, 0) is 0 Å². The van der Waals surface area contributed by atoms with E-state index in [-0.39, 0.29) is 29.9 Å². The van der Waals surface area contributed by atoms with Crippen molar-refractivity contribution < 1.29 is 14.8 Å². The molecule has 1 aliphatic heterocycles. The molecule has 1 fully saturated rings. The Kier molecular flexibility index (Phi) is 4.71. The van der Waals surface area contributed by atoms with Crippen LogP contribution in [0.1, 0.15) is 29.6 Å². The predicted octanol–water partition coefficient (Wildman–Crippen LogP) is 0.867. The molecule has 1 aromatic rings. The number of hydrogen-bond acceptors (Lipinski definition) is 6. The van der Waals surface area contributed by atoms with Gasteiger partial charge in [0.1, 0.15) is 5.69 Å². The molecule has 1 saturated heterocycles. The molecule has 8 heteroatoms. The van der Waals surface area contributed by atoms with Gasteiger partial charge in [0.25, 0.3) is 11.6 Å². The van der Waals surface area contributed by atoms with Gasteiger partial charge < -0.3 is 15.4 Å². The van der Waals surface area contributed by atoms with Gasteiger partial charge in [-0.1, -0.05) is 0 Å². The molecule has 1 heterocycles. The van der Waals surface area contributed by atoms with E-state index in [4.69, 9.17) is 5.84 Å². The van der Waals surface area contributed by atoms with E-state index in [0.717, 1.165) is 19.3 Å². The van der Waals surface area contributed by atoms with Crippen molar-refractivity contribution in [1.82, 2.24) is 4.90 Å². The first-order valence-corrected chi connectivity index (χ1v) is 6.75. The van der Waals surface area contributed by atoms with Gasteiger partial charge >= 0.3 is 0 Å². The minimum atomic E-state index is -0.569. The molecule has 0 aliphatic carbocycles. The van der Waals surface area contributed by atoms with Gasteiger partial charge in [-0.25, -0.2) is 0 Å². The summed E-state index contributed by atoms with van der Waals surface area (Å²) in [5.41, 5.74) is 2.45. The largest absolute Gasteiger partial charge is 0.394 e. The second-order valence-corrected chi connectivity index (χ2v) is 4.96. The third-order valence-corrected chi connectivity index (χ3v) is 3.69. The van der Waals surface area contributed by atoms with Crippen molar-refractivity contribution in [2.75, 3.05) is 18.6 Å². The number of likely N-dealkylation sites (tertiary alicyclic amines) is 1. The lowest BCUT2D eigenvalue weighted by atomic mass is 10.0. The standard InChI is InChI=1S/C13H18N4O4/c14-15-11-7-9(4-5-12(11)17(20)21)13(19)16-6-2-1-3-10(16)8-18/h4-5,7,10,15,18H,1-3,6,8,14H2. The third kappa shape index (κ3) is 3.11. The Hall–Kier alpha value is -2.19. The smallest absolute Gasteiger partial charge is 0.293 e. The summed E-state index contributed by atoms with van der Waals surface area (Å²) < 4.78 is 0. The van der Waals surface area contributed by atoms with Crippen LogP contribution in [0.15, 0.2) is 18.2 Å². The van der Waals surface area contributed by atoms with E-state index in [2.05, 4.69) is 5.43 Å². The Morgan fingerprint density at radius 1 is 1.52 bits per heavy atom. The van der Waals surface area contributed by atoms with E-state index >= 15 is 0 Å². The fourth-order valence-electron chi connectivity index (χ4n) is 2.57. The molecule has 1 aromatic carbocycles. The first kappa shape index (κ1) is 15.2. The molecule has 0 radical (unpaired) electrons. The summed E-state index contributed by atoms with van der Waals surface area (Å²) in [7, 11) is 0. The summed E-state index contributed by atoms with van der Waals surface area (Å²) in [6.45, 7) is 0.493. The van der Waals surface area contributed by atoms with Gasteiger partial charge in [0.05, 0.1) is 17.6 Å². The normalized spacial score (nSPS) is 18.4. The Bertz CT molecular complexity index is 549. The average Bonchev–Trinajstić information content (AvgIpc) is 2.53. The number of rotatable bonds is 4. The monoisotopic (exact) mass is 294 g/mol. The first-order valence-electron chi connectivity index (χ1n) is 6.75. The maximum absolute atomic E-state index is 12.5. The van der Waals surface area contributed by atoms with Crippen molar-refractivity contribution in [3.05, 3.63) is 33.9 Å². The number of carbonyl (C=O) groups excluding carboxylic acids is 1. The first-order chi connectivity index (χ1) is 10.1. The van der Waals surface area contributed by atoms with Crippen molar-refractivity contribution in [2.24, 2.45) is 5.84 Å². The highest BCUT2D eigenvalue weighted by atomic mass is 16.6. The molecular formula is C13H18N4O4. The second-order valence-electron chi connectivity index (χ2n) is 4.96. The number of piperidine rings is 1. The SMILES string of the molecule is NNc1cc(C(=O)N2CCCCC2CO)ccc1[N+](=O)[O-]. The van der Waals surface area contributed by atoms with Crippen LogP contribution in [0.5, 0.6) is 0 Å². The molecule has 2 rings (SSSR count). The van der Waals surface area contributed by atoms with Gasteiger partial charge in [-0.05, 0) is 31.4 Å². The van der Waals surface area contributed by atoms with Gasteiger partial charge in [-0.15, -0.1) is 0 Å². The molecule has 0 bridgehead atoms. The topological polar surface area (TPSA) is 122 Å². The zero-order chi connectivity index (χ0) is 15.4. The van der Waals surface area contributed by atoms with Crippen LogP contribution in [-0.4, -0.2) is 40.0 Å². The summed E-state index contributed by atoms with van der Waals surface area (Å²) in [6.07, 6.45) is 2.62. The van der Waals surface area contributed by atoms with Gasteiger partial charge in [0.15, 0.2) is 0 Å². The van der Waals surface area contributed by atoms with E-state index in [1.807, 2.05) is 0 Å². The summed E-state index contributed by atoms with van der Waals surface area (Å²) in [6, 6.07) is 3.82. The molecule has 0 spiro atoms. The van der Waals surface area contributed by atoms with Gasteiger partial charge in [0, 0.05) is 18.2 Å². The minimum absolute atomic E-state index is 0.0826. The Morgan fingerprint density at radius 2 is 2.29 bits per heavy atom. The number of aliphatic hydroxyl groups excluding tert-OH is 1. The number of nitrogens with zero attached hydrogens (tertiary/aromatic N) is 2. The van der Waals surface area contributed by atoms with E-state index in [0.29, 0.717) is 12.1 Å². The Balaban J connectivity index is 2.28. The number of aliphatic hydroxyl groups is 1. The summed E-state index contributed by atoms with van der Waals surface area (Å²) >= 11 is 0. The number of nitrogens with one attached hydrogen (secondary N) is 1. The van der Waals surface area contributed by atoms with Crippen LogP contribution in [0, 0.1) is 10.1 Å². The maximum atomic E-state index is 12.5. The van der Waals surface area contributed by atoms with Crippen LogP contribution in [0.2, 0.25) is 0 Å². The van der Waals surface area contributed by atoms with E-state index in [1.54, 1.807) is 4.90 Å². The number of nitrogen functional groups attached to an aromatic ring is 1. The van der Waals surface area contributed by atoms with Crippen LogP contribution >= 0.6 is 0 Å². The number of amides is 1. The highest BCUT2D eigenvalue weighted by molar-refractivity contribution is 5.96. The molecule has 0 aromatic heterocycles.